The molecular formula is C25H18ClFN4O2. The summed E-state index contributed by atoms with van der Waals surface area (Å²) < 4.78 is 13.8. The third kappa shape index (κ3) is 3.62. The lowest BCUT2D eigenvalue weighted by atomic mass is 10.1. The van der Waals surface area contributed by atoms with Crippen molar-refractivity contribution in [2.75, 3.05) is 15.2 Å². The lowest BCUT2D eigenvalue weighted by Crippen LogP contribution is -2.37. The Kier molecular flexibility index (Phi) is 5.11. The molecule has 2 aliphatic rings. The summed E-state index contributed by atoms with van der Waals surface area (Å²) in [5, 5.41) is 4.78. The molecule has 2 amide bonds. The topological polar surface area (TPSA) is 64.7 Å². The van der Waals surface area contributed by atoms with Crippen LogP contribution in [0.3, 0.4) is 0 Å². The smallest absolute Gasteiger partial charge is 0.263 e. The van der Waals surface area contributed by atoms with E-state index in [1.165, 1.54) is 18.2 Å². The summed E-state index contributed by atoms with van der Waals surface area (Å²) in [5.74, 6) is -1.22. The molecule has 0 unspecified atom stereocenters. The van der Waals surface area contributed by atoms with Gasteiger partial charge in [0, 0.05) is 23.7 Å². The third-order valence-electron chi connectivity index (χ3n) is 5.55. The zero-order chi connectivity index (χ0) is 23.1. The van der Waals surface area contributed by atoms with Crippen molar-refractivity contribution in [1.29, 1.82) is 0 Å². The highest BCUT2D eigenvalue weighted by Gasteiger charge is 2.30. The molecule has 2 heterocycles. The second-order valence-corrected chi connectivity index (χ2v) is 7.98. The number of amides is 2. The number of rotatable bonds is 3. The molecule has 8 heteroatoms. The van der Waals surface area contributed by atoms with Gasteiger partial charge in [-0.3, -0.25) is 19.5 Å². The van der Waals surface area contributed by atoms with E-state index in [1.54, 1.807) is 42.4 Å². The van der Waals surface area contributed by atoms with Crippen LogP contribution in [0.15, 0.2) is 84.8 Å². The first-order chi connectivity index (χ1) is 15.9. The lowest BCUT2D eigenvalue weighted by Gasteiger charge is -2.33. The second-order valence-electron chi connectivity index (χ2n) is 7.58. The van der Waals surface area contributed by atoms with Crippen molar-refractivity contribution in [3.05, 3.63) is 112 Å². The molecule has 0 aliphatic carbocycles. The number of fused-ring (bicyclic) bond motifs is 3. The molecule has 2 aliphatic heterocycles. The van der Waals surface area contributed by atoms with Crippen molar-refractivity contribution in [1.82, 2.24) is 5.43 Å². The van der Waals surface area contributed by atoms with E-state index in [0.717, 1.165) is 11.4 Å². The average molecular weight is 461 g/mol. The Morgan fingerprint density at radius 2 is 1.79 bits per heavy atom. The Morgan fingerprint density at radius 1 is 1.00 bits per heavy atom. The number of carbonyl (C=O) groups is 2. The number of hydrogen-bond acceptors (Lipinski definition) is 4. The van der Waals surface area contributed by atoms with E-state index in [2.05, 4.69) is 10.7 Å². The number of carbonyl (C=O) groups excluding carboxylic acids is 2. The van der Waals surface area contributed by atoms with Crippen molar-refractivity contribution in [2.24, 2.45) is 0 Å². The van der Waals surface area contributed by atoms with Gasteiger partial charge in [-0.05, 0) is 61.0 Å². The third-order valence-corrected chi connectivity index (χ3v) is 5.86. The summed E-state index contributed by atoms with van der Waals surface area (Å²) in [7, 11) is 0. The van der Waals surface area contributed by atoms with E-state index in [0.29, 0.717) is 11.4 Å². The molecule has 0 aromatic heterocycles. The summed E-state index contributed by atoms with van der Waals surface area (Å²) in [6.07, 6.45) is 5.39. The van der Waals surface area contributed by atoms with Crippen LogP contribution >= 0.6 is 11.6 Å². The van der Waals surface area contributed by atoms with Gasteiger partial charge in [-0.15, -0.1) is 0 Å². The number of hydrazine groups is 1. The van der Waals surface area contributed by atoms with E-state index >= 15 is 0 Å². The molecule has 0 radical (unpaired) electrons. The molecule has 5 rings (SSSR count). The van der Waals surface area contributed by atoms with Crippen molar-refractivity contribution in [3.63, 3.8) is 0 Å². The average Bonchev–Trinajstić information content (AvgIpc) is 3.29. The van der Waals surface area contributed by atoms with Gasteiger partial charge in [0.15, 0.2) is 0 Å². The van der Waals surface area contributed by atoms with Crippen LogP contribution in [0.5, 0.6) is 0 Å². The number of para-hydroxylation sites is 2. The fraction of sp³-hybridized carbons (Fsp3) is 0.0400. The molecule has 0 bridgehead atoms. The van der Waals surface area contributed by atoms with Crippen LogP contribution in [0.4, 0.5) is 21.5 Å². The first-order valence-corrected chi connectivity index (χ1v) is 10.5. The molecule has 33 heavy (non-hydrogen) atoms. The molecule has 0 saturated heterocycles. The Morgan fingerprint density at radius 3 is 2.58 bits per heavy atom. The Balaban J connectivity index is 1.42. The number of nitrogens with zero attached hydrogens (tertiary/aromatic N) is 2. The van der Waals surface area contributed by atoms with Crippen LogP contribution in [-0.4, -0.2) is 11.8 Å². The van der Waals surface area contributed by atoms with Crippen LogP contribution in [0.2, 0.25) is 5.02 Å². The monoisotopic (exact) mass is 460 g/mol. The Bertz CT molecular complexity index is 1370. The summed E-state index contributed by atoms with van der Waals surface area (Å²) >= 11 is 6.45. The predicted molar refractivity (Wildman–Crippen MR) is 127 cm³/mol. The summed E-state index contributed by atoms with van der Waals surface area (Å²) in [6.45, 7) is 1.54. The first-order valence-electron chi connectivity index (χ1n) is 10.2. The number of halogens is 2. The zero-order valence-corrected chi connectivity index (χ0v) is 18.2. The van der Waals surface area contributed by atoms with E-state index in [1.807, 2.05) is 35.4 Å². The highest BCUT2D eigenvalue weighted by atomic mass is 35.5. The lowest BCUT2D eigenvalue weighted by molar-refractivity contribution is 0.0995. The first kappa shape index (κ1) is 20.8. The quantitative estimate of drug-likeness (QED) is 0.550. The molecule has 164 valence electrons. The molecule has 3 aromatic rings. The number of allylic oxidation sites excluding steroid dienone is 1. The normalized spacial score (nSPS) is 13.7. The van der Waals surface area contributed by atoms with Gasteiger partial charge in [0.1, 0.15) is 5.82 Å². The van der Waals surface area contributed by atoms with Crippen molar-refractivity contribution < 1.29 is 14.0 Å². The van der Waals surface area contributed by atoms with Gasteiger partial charge >= 0.3 is 0 Å². The van der Waals surface area contributed by atoms with Gasteiger partial charge in [0.05, 0.1) is 27.7 Å². The summed E-state index contributed by atoms with van der Waals surface area (Å²) in [5.41, 5.74) is 6.65. The fourth-order valence-corrected chi connectivity index (χ4v) is 4.09. The predicted octanol–water partition coefficient (Wildman–Crippen LogP) is 5.38. The van der Waals surface area contributed by atoms with Gasteiger partial charge < -0.3 is 10.7 Å². The number of benzene rings is 3. The molecule has 3 aromatic carbocycles. The highest BCUT2D eigenvalue weighted by molar-refractivity contribution is 6.35. The van der Waals surface area contributed by atoms with E-state index in [4.69, 9.17) is 11.6 Å². The van der Waals surface area contributed by atoms with Gasteiger partial charge in [0.25, 0.3) is 11.8 Å². The SMILES string of the molecule is Cc1c(F)cccc1C(=O)Nc1ccc(C(=O)N2C=C3C=CNN3c3ccccc32)c(Cl)c1. The maximum absolute atomic E-state index is 13.8. The largest absolute Gasteiger partial charge is 0.322 e. The molecular weight excluding hydrogens is 443 g/mol. The highest BCUT2D eigenvalue weighted by Crippen LogP contribution is 2.38. The Hall–Kier alpha value is -4.10. The molecule has 0 spiro atoms. The fourth-order valence-electron chi connectivity index (χ4n) is 3.83. The summed E-state index contributed by atoms with van der Waals surface area (Å²) in [6, 6.07) is 16.5. The van der Waals surface area contributed by atoms with Crippen molar-refractivity contribution in [2.45, 2.75) is 6.92 Å². The molecule has 0 fully saturated rings. The van der Waals surface area contributed by atoms with Gasteiger partial charge in [-0.25, -0.2) is 4.39 Å². The molecule has 0 atom stereocenters. The summed E-state index contributed by atoms with van der Waals surface area (Å²) in [4.78, 5) is 27.6. The zero-order valence-electron chi connectivity index (χ0n) is 17.5. The van der Waals surface area contributed by atoms with Crippen LogP contribution in [0, 0.1) is 12.7 Å². The minimum Gasteiger partial charge on any atom is -0.322 e. The van der Waals surface area contributed by atoms with E-state index < -0.39 is 11.7 Å². The van der Waals surface area contributed by atoms with Crippen LogP contribution in [0.25, 0.3) is 0 Å². The van der Waals surface area contributed by atoms with Gasteiger partial charge in [-0.1, -0.05) is 29.8 Å². The van der Waals surface area contributed by atoms with E-state index in [9.17, 15) is 14.0 Å². The van der Waals surface area contributed by atoms with Gasteiger partial charge in [-0.2, -0.15) is 0 Å². The molecule has 0 saturated carbocycles. The van der Waals surface area contributed by atoms with Gasteiger partial charge in [0.2, 0.25) is 0 Å². The number of anilines is 3. The minimum atomic E-state index is -0.461. The van der Waals surface area contributed by atoms with Crippen LogP contribution in [-0.2, 0) is 0 Å². The van der Waals surface area contributed by atoms with Crippen LogP contribution in [0.1, 0.15) is 26.3 Å². The molecule has 2 N–H and O–H groups in total. The maximum Gasteiger partial charge on any atom is 0.263 e. The van der Waals surface area contributed by atoms with Crippen molar-refractivity contribution in [3.8, 4) is 0 Å². The van der Waals surface area contributed by atoms with E-state index in [-0.39, 0.29) is 27.6 Å². The number of nitrogens with one attached hydrogen (secondary N) is 2. The minimum absolute atomic E-state index is 0.187. The Labute approximate surface area is 194 Å². The second kappa shape index (κ2) is 8.11. The maximum atomic E-state index is 13.8. The van der Waals surface area contributed by atoms with Crippen molar-refractivity contribution >= 4 is 40.5 Å². The molecule has 6 nitrogen and oxygen atoms in total. The van der Waals surface area contributed by atoms with Crippen LogP contribution < -0.4 is 20.7 Å². The standard InChI is InChI=1S/C25H18ClFN4O2/c1-15-18(5-4-6-21(15)27)24(32)29-16-9-10-19(20(26)13-16)25(33)30-14-17-11-12-28-31(17)23-8-3-2-7-22(23)30/h2-14,28H,1H3,(H,29,32). The number of hydrogen-bond donors (Lipinski definition) is 2.